The molecule has 0 bridgehead atoms. The molecule has 0 aliphatic carbocycles. The zero-order valence-corrected chi connectivity index (χ0v) is 10.1. The molecule has 5 nitrogen and oxygen atoms in total. The third-order valence-corrected chi connectivity index (χ3v) is 3.23. The summed E-state index contributed by atoms with van der Waals surface area (Å²) < 4.78 is 1.86. The normalized spacial score (nSPS) is 10.8. The van der Waals surface area contributed by atoms with Gasteiger partial charge in [-0.3, -0.25) is 0 Å². The molecule has 2 aromatic heterocycles. The third kappa shape index (κ3) is 2.86. The molecule has 0 unspecified atom stereocenters. The molecule has 0 aliphatic rings. The number of hydrogen-bond acceptors (Lipinski definition) is 5. The minimum atomic E-state index is 0.730. The Hall–Kier alpha value is -1.27. The lowest BCUT2D eigenvalue weighted by Gasteiger charge is -2.03. The van der Waals surface area contributed by atoms with Crippen molar-refractivity contribution < 1.29 is 0 Å². The van der Waals surface area contributed by atoms with Gasteiger partial charge in [-0.25, -0.2) is 4.68 Å². The molecule has 0 radical (unpaired) electrons. The molecule has 6 heteroatoms. The number of thiophene rings is 1. The molecule has 0 fully saturated rings. The summed E-state index contributed by atoms with van der Waals surface area (Å²) in [4.78, 5) is 1.37. The second-order valence-corrected chi connectivity index (χ2v) is 4.46. The van der Waals surface area contributed by atoms with E-state index in [-0.39, 0.29) is 0 Å². The van der Waals surface area contributed by atoms with E-state index < -0.39 is 0 Å². The first kappa shape index (κ1) is 11.2. The van der Waals surface area contributed by atoms with Crippen LogP contribution in [-0.2, 0) is 19.5 Å². The van der Waals surface area contributed by atoms with Crippen molar-refractivity contribution in [1.29, 1.82) is 0 Å². The van der Waals surface area contributed by atoms with Gasteiger partial charge < -0.3 is 5.32 Å². The molecule has 0 amide bonds. The predicted octanol–water partition coefficient (Wildman–Crippen LogP) is 1.09. The van der Waals surface area contributed by atoms with Gasteiger partial charge in [0.15, 0.2) is 5.82 Å². The maximum Gasteiger partial charge on any atom is 0.165 e. The fraction of sp³-hybridized carbons (Fsp3) is 0.500. The zero-order valence-electron chi connectivity index (χ0n) is 9.26. The Labute approximate surface area is 98.5 Å². The van der Waals surface area contributed by atoms with Gasteiger partial charge in [0.2, 0.25) is 0 Å². The second kappa shape index (κ2) is 5.72. The standard InChI is InChI=1S/C10H15N5S/c1-2-11-8-10-12-13-14-15(10)6-5-9-4-3-7-16-9/h3-4,7,11H,2,5-6,8H2,1H3. The largest absolute Gasteiger partial charge is 0.310 e. The highest BCUT2D eigenvalue weighted by molar-refractivity contribution is 7.09. The first-order valence-corrected chi connectivity index (χ1v) is 6.26. The summed E-state index contributed by atoms with van der Waals surface area (Å²) in [6, 6.07) is 4.21. The Kier molecular flexibility index (Phi) is 4.01. The molecule has 0 spiro atoms. The molecule has 0 saturated heterocycles. The Balaban J connectivity index is 1.91. The lowest BCUT2D eigenvalue weighted by molar-refractivity contribution is 0.548. The molecule has 2 rings (SSSR count). The van der Waals surface area contributed by atoms with E-state index in [9.17, 15) is 0 Å². The number of hydrogen-bond donors (Lipinski definition) is 1. The van der Waals surface area contributed by atoms with Crippen molar-refractivity contribution in [3.8, 4) is 0 Å². The fourth-order valence-electron chi connectivity index (χ4n) is 1.43. The second-order valence-electron chi connectivity index (χ2n) is 3.43. The Bertz CT molecular complexity index is 409. The number of aromatic nitrogens is 4. The summed E-state index contributed by atoms with van der Waals surface area (Å²) in [5.41, 5.74) is 0. The van der Waals surface area contributed by atoms with E-state index in [0.717, 1.165) is 31.9 Å². The van der Waals surface area contributed by atoms with Crippen molar-refractivity contribution in [3.05, 3.63) is 28.2 Å². The van der Waals surface area contributed by atoms with Gasteiger partial charge in [-0.2, -0.15) is 0 Å². The van der Waals surface area contributed by atoms with Crippen molar-refractivity contribution >= 4 is 11.3 Å². The summed E-state index contributed by atoms with van der Waals surface area (Å²) in [6.45, 7) is 4.57. The van der Waals surface area contributed by atoms with Crippen molar-refractivity contribution in [2.24, 2.45) is 0 Å². The number of nitrogens with one attached hydrogen (secondary N) is 1. The van der Waals surface area contributed by atoms with Gasteiger partial charge in [0.1, 0.15) is 0 Å². The van der Waals surface area contributed by atoms with Crippen LogP contribution in [0.4, 0.5) is 0 Å². The molecule has 0 atom stereocenters. The summed E-state index contributed by atoms with van der Waals surface area (Å²) in [5, 5.41) is 17.0. The molecule has 1 N–H and O–H groups in total. The van der Waals surface area contributed by atoms with E-state index in [1.807, 2.05) is 4.68 Å². The lowest BCUT2D eigenvalue weighted by Crippen LogP contribution is -2.17. The van der Waals surface area contributed by atoms with Crippen LogP contribution in [0.5, 0.6) is 0 Å². The average Bonchev–Trinajstić information content (AvgIpc) is 2.94. The van der Waals surface area contributed by atoms with Gasteiger partial charge in [0.05, 0.1) is 6.54 Å². The highest BCUT2D eigenvalue weighted by atomic mass is 32.1. The maximum atomic E-state index is 4.00. The quantitative estimate of drug-likeness (QED) is 0.817. The van der Waals surface area contributed by atoms with E-state index in [2.05, 4.69) is 45.3 Å². The van der Waals surface area contributed by atoms with Crippen LogP contribution < -0.4 is 5.32 Å². The van der Waals surface area contributed by atoms with E-state index >= 15 is 0 Å². The lowest BCUT2D eigenvalue weighted by atomic mass is 10.3. The molecule has 0 saturated carbocycles. The average molecular weight is 237 g/mol. The highest BCUT2D eigenvalue weighted by Crippen LogP contribution is 2.10. The summed E-state index contributed by atoms with van der Waals surface area (Å²) in [7, 11) is 0. The van der Waals surface area contributed by atoms with Crippen molar-refractivity contribution in [1.82, 2.24) is 25.5 Å². The molecular weight excluding hydrogens is 222 g/mol. The molecule has 16 heavy (non-hydrogen) atoms. The fourth-order valence-corrected chi connectivity index (χ4v) is 2.13. The van der Waals surface area contributed by atoms with Crippen LogP contribution >= 0.6 is 11.3 Å². The zero-order chi connectivity index (χ0) is 11.2. The molecule has 2 aromatic rings. The van der Waals surface area contributed by atoms with Gasteiger partial charge in [0.25, 0.3) is 0 Å². The summed E-state index contributed by atoms with van der Waals surface area (Å²) >= 11 is 1.77. The minimum Gasteiger partial charge on any atom is -0.310 e. The van der Waals surface area contributed by atoms with Crippen LogP contribution in [0.15, 0.2) is 17.5 Å². The van der Waals surface area contributed by atoms with Gasteiger partial charge >= 0.3 is 0 Å². The monoisotopic (exact) mass is 237 g/mol. The third-order valence-electron chi connectivity index (χ3n) is 2.29. The van der Waals surface area contributed by atoms with Crippen LogP contribution in [0.3, 0.4) is 0 Å². The van der Waals surface area contributed by atoms with Crippen molar-refractivity contribution in [3.63, 3.8) is 0 Å². The smallest absolute Gasteiger partial charge is 0.165 e. The predicted molar refractivity (Wildman–Crippen MR) is 63.2 cm³/mol. The Morgan fingerprint density at radius 1 is 1.50 bits per heavy atom. The highest BCUT2D eigenvalue weighted by Gasteiger charge is 2.05. The van der Waals surface area contributed by atoms with E-state index in [0.29, 0.717) is 0 Å². The van der Waals surface area contributed by atoms with Crippen LogP contribution in [-0.4, -0.2) is 26.8 Å². The van der Waals surface area contributed by atoms with Gasteiger partial charge in [0, 0.05) is 17.8 Å². The maximum absolute atomic E-state index is 4.00. The topological polar surface area (TPSA) is 55.6 Å². The van der Waals surface area contributed by atoms with Crippen LogP contribution in [0.25, 0.3) is 0 Å². The van der Waals surface area contributed by atoms with E-state index in [4.69, 9.17) is 0 Å². The number of aryl methyl sites for hydroxylation is 2. The number of nitrogens with zero attached hydrogens (tertiary/aromatic N) is 4. The van der Waals surface area contributed by atoms with Crippen LogP contribution in [0.2, 0.25) is 0 Å². The van der Waals surface area contributed by atoms with Crippen molar-refractivity contribution in [2.75, 3.05) is 6.54 Å². The Morgan fingerprint density at radius 2 is 2.44 bits per heavy atom. The molecule has 0 aromatic carbocycles. The first-order chi connectivity index (χ1) is 7.90. The minimum absolute atomic E-state index is 0.730. The molecule has 2 heterocycles. The number of rotatable bonds is 6. The van der Waals surface area contributed by atoms with Crippen LogP contribution in [0, 0.1) is 0 Å². The van der Waals surface area contributed by atoms with E-state index in [1.54, 1.807) is 11.3 Å². The molecular formula is C10H15N5S. The summed E-state index contributed by atoms with van der Waals surface area (Å²) in [6.07, 6.45) is 0.988. The van der Waals surface area contributed by atoms with Crippen LogP contribution in [0.1, 0.15) is 17.6 Å². The molecule has 0 aliphatic heterocycles. The summed E-state index contributed by atoms with van der Waals surface area (Å²) in [5.74, 6) is 0.901. The van der Waals surface area contributed by atoms with Gasteiger partial charge in [-0.15, -0.1) is 16.4 Å². The Morgan fingerprint density at radius 3 is 3.19 bits per heavy atom. The van der Waals surface area contributed by atoms with Crippen molar-refractivity contribution in [2.45, 2.75) is 26.4 Å². The van der Waals surface area contributed by atoms with Gasteiger partial charge in [-0.05, 0) is 28.4 Å². The SMILES string of the molecule is CCNCc1nnnn1CCc1cccs1. The molecule has 86 valence electrons. The first-order valence-electron chi connectivity index (χ1n) is 5.38. The van der Waals surface area contributed by atoms with Gasteiger partial charge in [-0.1, -0.05) is 13.0 Å². The number of tetrazole rings is 1. The van der Waals surface area contributed by atoms with E-state index in [1.165, 1.54) is 4.88 Å².